The number of anilines is 1. The van der Waals surface area contributed by atoms with Crippen molar-refractivity contribution in [3.8, 4) is 0 Å². The van der Waals surface area contributed by atoms with Crippen LogP contribution in [0.3, 0.4) is 0 Å². The van der Waals surface area contributed by atoms with E-state index in [1.807, 2.05) is 0 Å². The summed E-state index contributed by atoms with van der Waals surface area (Å²) in [6.07, 6.45) is 3.85. The first-order valence-electron chi connectivity index (χ1n) is 6.65. The summed E-state index contributed by atoms with van der Waals surface area (Å²) in [4.78, 5) is 27.2. The van der Waals surface area contributed by atoms with E-state index < -0.39 is 17.4 Å². The molecule has 1 amide bonds. The highest BCUT2D eigenvalue weighted by Crippen LogP contribution is 2.26. The molecular weight excluding hydrogens is 258 g/mol. The highest BCUT2D eigenvalue weighted by molar-refractivity contribution is 5.98. The Morgan fingerprint density at radius 3 is 2.60 bits per heavy atom. The molecule has 0 bridgehead atoms. The van der Waals surface area contributed by atoms with Gasteiger partial charge < -0.3 is 16.2 Å². The SMILES string of the molecule is CC(C)(Nc1nc2c(cc1C(N)=O)CCCC2)C(=O)O. The maximum Gasteiger partial charge on any atom is 0.328 e. The molecule has 0 unspecified atom stereocenters. The highest BCUT2D eigenvalue weighted by Gasteiger charge is 2.29. The lowest BCUT2D eigenvalue weighted by Gasteiger charge is -2.25. The van der Waals surface area contributed by atoms with Crippen LogP contribution in [0.1, 0.15) is 48.3 Å². The topological polar surface area (TPSA) is 105 Å². The van der Waals surface area contributed by atoms with Gasteiger partial charge in [-0.3, -0.25) is 4.79 Å². The van der Waals surface area contributed by atoms with Gasteiger partial charge in [0.05, 0.1) is 5.56 Å². The number of carboxylic acids is 1. The molecule has 1 aromatic heterocycles. The monoisotopic (exact) mass is 277 g/mol. The van der Waals surface area contributed by atoms with Gasteiger partial charge in [-0.25, -0.2) is 9.78 Å². The maximum absolute atomic E-state index is 11.6. The predicted molar refractivity (Wildman–Crippen MR) is 74.7 cm³/mol. The zero-order valence-electron chi connectivity index (χ0n) is 11.7. The molecule has 0 fully saturated rings. The van der Waals surface area contributed by atoms with Crippen molar-refractivity contribution < 1.29 is 14.7 Å². The summed E-state index contributed by atoms with van der Waals surface area (Å²) in [5, 5.41) is 12.0. The number of hydrogen-bond acceptors (Lipinski definition) is 4. The van der Waals surface area contributed by atoms with Crippen LogP contribution in [0.25, 0.3) is 0 Å². The number of nitrogens with zero attached hydrogens (tertiary/aromatic N) is 1. The molecule has 0 radical (unpaired) electrons. The van der Waals surface area contributed by atoms with E-state index in [0.717, 1.165) is 36.9 Å². The van der Waals surface area contributed by atoms with Crippen molar-refractivity contribution in [2.24, 2.45) is 5.73 Å². The summed E-state index contributed by atoms with van der Waals surface area (Å²) < 4.78 is 0. The highest BCUT2D eigenvalue weighted by atomic mass is 16.4. The average molecular weight is 277 g/mol. The largest absolute Gasteiger partial charge is 0.480 e. The molecule has 0 aliphatic heterocycles. The predicted octanol–water partition coefficient (Wildman–Crippen LogP) is 1.33. The average Bonchev–Trinajstić information content (AvgIpc) is 2.37. The third-order valence-electron chi connectivity index (χ3n) is 3.53. The van der Waals surface area contributed by atoms with Crippen molar-refractivity contribution in [3.63, 3.8) is 0 Å². The molecule has 0 saturated carbocycles. The number of hydrogen-bond donors (Lipinski definition) is 3. The first kappa shape index (κ1) is 14.3. The van der Waals surface area contributed by atoms with E-state index in [1.165, 1.54) is 13.8 Å². The van der Waals surface area contributed by atoms with Crippen LogP contribution in [0.2, 0.25) is 0 Å². The smallest absolute Gasteiger partial charge is 0.328 e. The number of nitrogens with one attached hydrogen (secondary N) is 1. The van der Waals surface area contributed by atoms with Crippen molar-refractivity contribution in [1.82, 2.24) is 4.98 Å². The normalized spacial score (nSPS) is 14.5. The fraction of sp³-hybridized carbons (Fsp3) is 0.500. The van der Waals surface area contributed by atoms with Gasteiger partial charge >= 0.3 is 5.97 Å². The van der Waals surface area contributed by atoms with Crippen LogP contribution in [-0.4, -0.2) is 27.5 Å². The minimum atomic E-state index is -1.22. The van der Waals surface area contributed by atoms with Gasteiger partial charge in [0, 0.05) is 5.69 Å². The molecule has 20 heavy (non-hydrogen) atoms. The van der Waals surface area contributed by atoms with Crippen LogP contribution >= 0.6 is 0 Å². The van der Waals surface area contributed by atoms with Gasteiger partial charge in [-0.15, -0.1) is 0 Å². The zero-order chi connectivity index (χ0) is 14.9. The van der Waals surface area contributed by atoms with Crippen LogP contribution in [0.15, 0.2) is 6.07 Å². The number of aryl methyl sites for hydroxylation is 2. The standard InChI is InChI=1S/C14H19N3O3/c1-14(2,13(19)20)17-12-9(11(15)18)7-8-5-3-4-6-10(8)16-12/h7H,3-6H2,1-2H3,(H2,15,18)(H,16,17)(H,19,20). The fourth-order valence-corrected chi connectivity index (χ4v) is 2.27. The van der Waals surface area contributed by atoms with Crippen molar-refractivity contribution in [2.45, 2.75) is 45.1 Å². The summed E-state index contributed by atoms with van der Waals surface area (Å²) in [6.45, 7) is 3.03. The van der Waals surface area contributed by atoms with Crippen LogP contribution < -0.4 is 11.1 Å². The number of amides is 1. The Morgan fingerprint density at radius 1 is 1.35 bits per heavy atom. The van der Waals surface area contributed by atoms with Gasteiger partial charge in [-0.05, 0) is 51.2 Å². The Hall–Kier alpha value is -2.11. The lowest BCUT2D eigenvalue weighted by atomic mass is 9.94. The van der Waals surface area contributed by atoms with Gasteiger partial charge in [0.15, 0.2) is 0 Å². The molecule has 4 N–H and O–H groups in total. The van der Waals surface area contributed by atoms with Crippen LogP contribution in [0.4, 0.5) is 5.82 Å². The van der Waals surface area contributed by atoms with Crippen molar-refractivity contribution in [3.05, 3.63) is 22.9 Å². The van der Waals surface area contributed by atoms with Crippen LogP contribution in [0, 0.1) is 0 Å². The second-order valence-electron chi connectivity index (χ2n) is 5.62. The van der Waals surface area contributed by atoms with Crippen LogP contribution in [-0.2, 0) is 17.6 Å². The minimum absolute atomic E-state index is 0.250. The molecular formula is C14H19N3O3. The third-order valence-corrected chi connectivity index (χ3v) is 3.53. The molecule has 108 valence electrons. The molecule has 6 heteroatoms. The molecule has 1 heterocycles. The first-order chi connectivity index (χ1) is 9.31. The number of fused-ring (bicyclic) bond motifs is 1. The summed E-state index contributed by atoms with van der Waals surface area (Å²) in [6, 6.07) is 1.74. The van der Waals surface area contributed by atoms with E-state index >= 15 is 0 Å². The Morgan fingerprint density at radius 2 is 2.00 bits per heavy atom. The third kappa shape index (κ3) is 2.74. The number of carboxylic acid groups (broad SMARTS) is 1. The van der Waals surface area contributed by atoms with Crippen molar-refractivity contribution in [2.75, 3.05) is 5.32 Å². The number of carbonyl (C=O) groups is 2. The second kappa shape index (κ2) is 5.11. The minimum Gasteiger partial charge on any atom is -0.480 e. The number of pyridine rings is 1. The van der Waals surface area contributed by atoms with Gasteiger partial charge in [0.25, 0.3) is 5.91 Å². The zero-order valence-corrected chi connectivity index (χ0v) is 11.7. The molecule has 1 aromatic rings. The summed E-state index contributed by atoms with van der Waals surface area (Å²) in [5.74, 6) is -1.37. The van der Waals surface area contributed by atoms with Crippen molar-refractivity contribution >= 4 is 17.7 Å². The Labute approximate surface area is 117 Å². The molecule has 1 aliphatic rings. The molecule has 0 atom stereocenters. The number of carbonyl (C=O) groups excluding carboxylic acids is 1. The summed E-state index contributed by atoms with van der Waals surface area (Å²) >= 11 is 0. The van der Waals surface area contributed by atoms with E-state index in [9.17, 15) is 9.59 Å². The first-order valence-corrected chi connectivity index (χ1v) is 6.65. The number of nitrogens with two attached hydrogens (primary N) is 1. The number of aliphatic carboxylic acids is 1. The number of aromatic nitrogens is 1. The van der Waals surface area contributed by atoms with Gasteiger partial charge in [0.1, 0.15) is 11.4 Å². The fourth-order valence-electron chi connectivity index (χ4n) is 2.27. The quantitative estimate of drug-likeness (QED) is 0.770. The Kier molecular flexibility index (Phi) is 3.65. The molecule has 0 aromatic carbocycles. The van der Waals surface area contributed by atoms with E-state index in [2.05, 4.69) is 10.3 Å². The maximum atomic E-state index is 11.6. The summed E-state index contributed by atoms with van der Waals surface area (Å²) in [7, 11) is 0. The molecule has 0 saturated heterocycles. The van der Waals surface area contributed by atoms with Crippen LogP contribution in [0.5, 0.6) is 0 Å². The molecule has 1 aliphatic carbocycles. The number of rotatable bonds is 4. The van der Waals surface area contributed by atoms with Crippen molar-refractivity contribution in [1.29, 1.82) is 0 Å². The Bertz CT molecular complexity index is 567. The Balaban J connectivity index is 2.45. The lowest BCUT2D eigenvalue weighted by molar-refractivity contribution is -0.141. The van der Waals surface area contributed by atoms with E-state index in [1.54, 1.807) is 6.07 Å². The molecule has 0 spiro atoms. The molecule has 6 nitrogen and oxygen atoms in total. The van der Waals surface area contributed by atoms with Gasteiger partial charge in [-0.2, -0.15) is 0 Å². The van der Waals surface area contributed by atoms with E-state index in [4.69, 9.17) is 10.8 Å². The second-order valence-corrected chi connectivity index (χ2v) is 5.62. The van der Waals surface area contributed by atoms with E-state index in [-0.39, 0.29) is 11.4 Å². The van der Waals surface area contributed by atoms with Gasteiger partial charge in [-0.1, -0.05) is 0 Å². The summed E-state index contributed by atoms with van der Waals surface area (Å²) in [5.41, 5.74) is 6.36. The van der Waals surface area contributed by atoms with E-state index in [0.29, 0.717) is 0 Å². The number of primary amides is 1. The lowest BCUT2D eigenvalue weighted by Crippen LogP contribution is -2.41. The molecule has 2 rings (SSSR count). The van der Waals surface area contributed by atoms with Gasteiger partial charge in [0.2, 0.25) is 0 Å².